The zero-order chi connectivity index (χ0) is 27.9. The molecule has 0 bridgehead atoms. The van der Waals surface area contributed by atoms with Gasteiger partial charge in [0.2, 0.25) is 17.6 Å². The number of pyridine rings is 1. The molecule has 3 aromatic rings. The number of fused-ring (bicyclic) bond motifs is 1. The van der Waals surface area contributed by atoms with Gasteiger partial charge in [-0.3, -0.25) is 4.90 Å². The van der Waals surface area contributed by atoms with Gasteiger partial charge in [0.25, 0.3) is 0 Å². The number of aromatic nitrogens is 3. The van der Waals surface area contributed by atoms with Crippen molar-refractivity contribution < 1.29 is 14.0 Å². The van der Waals surface area contributed by atoms with E-state index in [1.54, 1.807) is 0 Å². The van der Waals surface area contributed by atoms with E-state index in [4.69, 9.17) is 29.7 Å². The molecule has 0 saturated carbocycles. The second-order valence-corrected chi connectivity index (χ2v) is 12.6. The molecule has 6 rings (SSSR count). The quantitative estimate of drug-likeness (QED) is 0.429. The molecule has 2 aliphatic heterocycles. The van der Waals surface area contributed by atoms with Gasteiger partial charge in [-0.2, -0.15) is 10.2 Å². The summed E-state index contributed by atoms with van der Waals surface area (Å²) in [6, 6.07) is 6.39. The molecule has 0 amide bonds. The first-order chi connectivity index (χ1) is 19.4. The highest BCUT2D eigenvalue weighted by molar-refractivity contribution is 7.16. The molecule has 1 aliphatic carbocycles. The SMILES string of the molecule is C[C@H](Oc1cc(OC2CCNCC2)cc(-c2noc([C@@]3(C)CCCc4sc(N)c(C#N)c43)n2)n1)[C@@H]1CCCN1C. The fraction of sp³-hybridized carbons (Fsp3) is 0.586. The highest BCUT2D eigenvalue weighted by atomic mass is 32.1. The largest absolute Gasteiger partial charge is 0.490 e. The molecule has 40 heavy (non-hydrogen) atoms. The van der Waals surface area contributed by atoms with Gasteiger partial charge in [-0.1, -0.05) is 5.16 Å². The summed E-state index contributed by atoms with van der Waals surface area (Å²) in [6.45, 7) is 7.10. The van der Waals surface area contributed by atoms with E-state index in [-0.39, 0.29) is 12.2 Å². The van der Waals surface area contributed by atoms with Gasteiger partial charge >= 0.3 is 0 Å². The average Bonchev–Trinajstić information content (AvgIpc) is 3.68. The number of aryl methyl sites for hydroxylation is 1. The maximum absolute atomic E-state index is 9.85. The minimum atomic E-state index is -0.595. The molecule has 212 valence electrons. The third kappa shape index (κ3) is 5.04. The number of nitriles is 1. The number of rotatable bonds is 7. The zero-order valence-corrected chi connectivity index (χ0v) is 24.2. The normalized spacial score (nSPS) is 24.4. The van der Waals surface area contributed by atoms with E-state index in [9.17, 15) is 5.26 Å². The molecule has 11 heteroatoms. The maximum atomic E-state index is 9.85. The average molecular weight is 564 g/mol. The van der Waals surface area contributed by atoms with Crippen molar-refractivity contribution in [2.24, 2.45) is 0 Å². The summed E-state index contributed by atoms with van der Waals surface area (Å²) in [6.07, 6.45) is 6.88. The number of nitrogen functional groups attached to an aromatic ring is 1. The van der Waals surface area contributed by atoms with E-state index in [0.29, 0.717) is 45.6 Å². The number of hydrogen-bond donors (Lipinski definition) is 2. The molecular formula is C29H37N7O3S. The molecule has 0 unspecified atom stereocenters. The molecule has 5 heterocycles. The van der Waals surface area contributed by atoms with E-state index in [2.05, 4.69) is 42.3 Å². The summed E-state index contributed by atoms with van der Waals surface area (Å²) in [5.41, 5.74) is 7.61. The van der Waals surface area contributed by atoms with Gasteiger partial charge in [-0.05, 0) is 85.5 Å². The number of piperidine rings is 1. The first-order valence-electron chi connectivity index (χ1n) is 14.3. The molecule has 0 spiro atoms. The van der Waals surface area contributed by atoms with Gasteiger partial charge in [0.1, 0.15) is 34.7 Å². The molecular weight excluding hydrogens is 526 g/mol. The van der Waals surface area contributed by atoms with Crippen LogP contribution in [0.4, 0.5) is 5.00 Å². The van der Waals surface area contributed by atoms with Gasteiger partial charge in [-0.25, -0.2) is 4.98 Å². The Morgan fingerprint density at radius 2 is 2.08 bits per heavy atom. The Balaban J connectivity index is 1.33. The number of thiophene rings is 1. The van der Waals surface area contributed by atoms with Crippen LogP contribution in [0.5, 0.6) is 11.6 Å². The van der Waals surface area contributed by atoms with Crippen molar-refractivity contribution in [3.8, 4) is 29.2 Å². The van der Waals surface area contributed by atoms with E-state index >= 15 is 0 Å². The lowest BCUT2D eigenvalue weighted by atomic mass is 9.72. The number of nitrogens with zero attached hydrogens (tertiary/aromatic N) is 5. The predicted octanol–water partition coefficient (Wildman–Crippen LogP) is 4.28. The third-order valence-corrected chi connectivity index (χ3v) is 9.75. The van der Waals surface area contributed by atoms with Gasteiger partial charge < -0.3 is 25.0 Å². The highest BCUT2D eigenvalue weighted by Crippen LogP contribution is 2.48. The molecule has 3 aromatic heterocycles. The summed E-state index contributed by atoms with van der Waals surface area (Å²) in [4.78, 5) is 13.1. The van der Waals surface area contributed by atoms with Crippen molar-refractivity contribution in [2.45, 2.75) is 82.5 Å². The maximum Gasteiger partial charge on any atom is 0.237 e. The topological polar surface area (TPSA) is 135 Å². The number of ether oxygens (including phenoxy) is 2. The molecule has 2 fully saturated rings. The van der Waals surface area contributed by atoms with E-state index < -0.39 is 5.41 Å². The van der Waals surface area contributed by atoms with Crippen molar-refractivity contribution in [3.05, 3.63) is 34.0 Å². The number of nitrogens with one attached hydrogen (secondary N) is 1. The number of hydrogen-bond acceptors (Lipinski definition) is 11. The fourth-order valence-corrected chi connectivity index (χ4v) is 7.68. The second kappa shape index (κ2) is 11.0. The molecule has 10 nitrogen and oxygen atoms in total. The first-order valence-corrected chi connectivity index (χ1v) is 15.1. The van der Waals surface area contributed by atoms with Crippen LogP contribution in [0, 0.1) is 11.3 Å². The number of anilines is 1. The van der Waals surface area contributed by atoms with Crippen LogP contribution in [0.25, 0.3) is 11.5 Å². The van der Waals surface area contributed by atoms with Crippen molar-refractivity contribution in [1.29, 1.82) is 5.26 Å². The van der Waals surface area contributed by atoms with E-state index in [1.165, 1.54) is 17.8 Å². The smallest absolute Gasteiger partial charge is 0.237 e. The van der Waals surface area contributed by atoms with Crippen LogP contribution < -0.4 is 20.5 Å². The van der Waals surface area contributed by atoms with Crippen molar-refractivity contribution >= 4 is 16.3 Å². The Kier molecular flexibility index (Phi) is 7.42. The van der Waals surface area contributed by atoms with Crippen LogP contribution in [-0.4, -0.2) is 65.0 Å². The Labute approximate surface area is 238 Å². The summed E-state index contributed by atoms with van der Waals surface area (Å²) in [5, 5.41) is 18.1. The first kappa shape index (κ1) is 27.0. The number of likely N-dealkylation sites (N-methyl/N-ethyl adjacent to an activating group) is 1. The number of likely N-dealkylation sites (tertiary alicyclic amines) is 1. The van der Waals surface area contributed by atoms with E-state index in [1.807, 2.05) is 12.1 Å². The summed E-state index contributed by atoms with van der Waals surface area (Å²) >= 11 is 1.49. The molecule has 0 aromatic carbocycles. The van der Waals surface area contributed by atoms with Crippen molar-refractivity contribution in [3.63, 3.8) is 0 Å². The minimum Gasteiger partial charge on any atom is -0.490 e. The molecule has 2 saturated heterocycles. The lowest BCUT2D eigenvalue weighted by molar-refractivity contribution is 0.115. The Hall–Kier alpha value is -3.20. The van der Waals surface area contributed by atoms with Crippen molar-refractivity contribution in [2.75, 3.05) is 32.4 Å². The summed E-state index contributed by atoms with van der Waals surface area (Å²) < 4.78 is 18.7. The van der Waals surface area contributed by atoms with Crippen LogP contribution in [0.15, 0.2) is 16.7 Å². The van der Waals surface area contributed by atoms with Crippen LogP contribution in [-0.2, 0) is 11.8 Å². The second-order valence-electron chi connectivity index (χ2n) is 11.5. The lowest BCUT2D eigenvalue weighted by Gasteiger charge is -2.30. The lowest BCUT2D eigenvalue weighted by Crippen LogP contribution is -2.38. The number of nitrogens with two attached hydrogens (primary N) is 1. The Bertz CT molecular complexity index is 1410. The molecule has 0 radical (unpaired) electrons. The molecule has 3 aliphatic rings. The van der Waals surface area contributed by atoms with Crippen LogP contribution in [0.3, 0.4) is 0 Å². The van der Waals surface area contributed by atoms with Crippen molar-refractivity contribution in [1.82, 2.24) is 25.3 Å². The fourth-order valence-electron chi connectivity index (χ4n) is 6.49. The van der Waals surface area contributed by atoms with Crippen LogP contribution in [0.2, 0.25) is 0 Å². The Morgan fingerprint density at radius 1 is 1.25 bits per heavy atom. The molecule has 3 atom stereocenters. The Morgan fingerprint density at radius 3 is 2.83 bits per heavy atom. The van der Waals surface area contributed by atoms with Crippen LogP contribution in [0.1, 0.15) is 74.3 Å². The summed E-state index contributed by atoms with van der Waals surface area (Å²) in [7, 11) is 2.14. The van der Waals surface area contributed by atoms with Gasteiger partial charge in [-0.15, -0.1) is 11.3 Å². The summed E-state index contributed by atoms with van der Waals surface area (Å²) in [5.74, 6) is 2.02. The van der Waals surface area contributed by atoms with Gasteiger partial charge in [0, 0.05) is 28.6 Å². The molecule has 3 N–H and O–H groups in total. The monoisotopic (exact) mass is 563 g/mol. The van der Waals surface area contributed by atoms with Crippen LogP contribution >= 0.6 is 11.3 Å². The third-order valence-electron chi connectivity index (χ3n) is 8.67. The predicted molar refractivity (Wildman–Crippen MR) is 153 cm³/mol. The minimum absolute atomic E-state index is 0.0316. The standard InChI is InChI=1S/C29H37N7O3S/c1-17(22-6-5-13-36(22)3)37-24-15-19(38-18-8-11-32-12-9-18)14-21(33-24)27-34-28(39-35-27)29(2)10-4-7-23-25(29)20(16-30)26(31)40-23/h14-15,17-18,22,32H,4-13,31H2,1-3H3/t17-,22-,29-/m0/s1. The zero-order valence-electron chi connectivity index (χ0n) is 23.4. The van der Waals surface area contributed by atoms with Gasteiger partial charge in [0.15, 0.2) is 0 Å². The highest BCUT2D eigenvalue weighted by Gasteiger charge is 2.43. The van der Waals surface area contributed by atoms with E-state index in [0.717, 1.165) is 68.6 Å². The van der Waals surface area contributed by atoms with Gasteiger partial charge in [0.05, 0.1) is 11.0 Å².